The first-order valence-corrected chi connectivity index (χ1v) is 5.61. The van der Waals surface area contributed by atoms with Crippen molar-refractivity contribution in [2.45, 2.75) is 6.54 Å². The highest BCUT2D eigenvalue weighted by Crippen LogP contribution is 2.17. The largest absolute Gasteiger partial charge is 0.478 e. The van der Waals surface area contributed by atoms with Crippen molar-refractivity contribution in [2.24, 2.45) is 0 Å². The number of aliphatic hydroxyl groups is 1. The van der Waals surface area contributed by atoms with Gasteiger partial charge in [0.1, 0.15) is 5.56 Å². The molecule has 0 aliphatic carbocycles. The molecule has 18 heavy (non-hydrogen) atoms. The Morgan fingerprint density at radius 2 is 2.33 bits per heavy atom. The van der Waals surface area contributed by atoms with Crippen molar-refractivity contribution in [1.82, 2.24) is 14.5 Å². The van der Waals surface area contributed by atoms with Gasteiger partial charge in [-0.3, -0.25) is 4.90 Å². The molecule has 0 atom stereocenters. The minimum absolute atomic E-state index is 0.0741. The molecular weight excluding hydrogens is 234 g/mol. The number of carboxylic acid groups (broad SMARTS) is 1. The van der Waals surface area contributed by atoms with Gasteiger partial charge in [0, 0.05) is 19.3 Å². The molecular formula is C12H15N3O3. The van der Waals surface area contributed by atoms with Gasteiger partial charge in [0.2, 0.25) is 0 Å². The summed E-state index contributed by atoms with van der Waals surface area (Å²) < 4.78 is 1.56. The second-order valence-electron chi connectivity index (χ2n) is 4.15. The first-order valence-electron chi connectivity index (χ1n) is 5.61. The second-order valence-corrected chi connectivity index (χ2v) is 4.15. The fourth-order valence-electron chi connectivity index (χ4n) is 1.94. The van der Waals surface area contributed by atoms with Gasteiger partial charge in [-0.2, -0.15) is 5.10 Å². The fourth-order valence-corrected chi connectivity index (χ4v) is 1.94. The van der Waals surface area contributed by atoms with Crippen molar-refractivity contribution in [3.05, 3.63) is 35.7 Å². The van der Waals surface area contributed by atoms with E-state index in [1.54, 1.807) is 10.7 Å². The Labute approximate surface area is 104 Å². The predicted octanol–water partition coefficient (Wildman–Crippen LogP) is 0.457. The normalized spacial score (nSPS) is 11.3. The van der Waals surface area contributed by atoms with E-state index in [-0.39, 0.29) is 12.2 Å². The molecule has 2 aromatic heterocycles. The molecule has 0 saturated heterocycles. The molecule has 0 fully saturated rings. The summed E-state index contributed by atoms with van der Waals surface area (Å²) in [5.41, 5.74) is 1.68. The van der Waals surface area contributed by atoms with Crippen LogP contribution in [0.2, 0.25) is 0 Å². The van der Waals surface area contributed by atoms with Gasteiger partial charge in [-0.25, -0.2) is 9.31 Å². The smallest absolute Gasteiger partial charge is 0.339 e. The average molecular weight is 249 g/mol. The standard InChI is InChI=1S/C12H15N3O3/c1-14(5-6-16)8-9-3-2-4-15-11(9)10(7-13-15)12(17)18/h2-4,7,16H,5-6,8H2,1H3,(H,17,18). The van der Waals surface area contributed by atoms with E-state index in [0.717, 1.165) is 5.56 Å². The van der Waals surface area contributed by atoms with Crippen LogP contribution in [0.5, 0.6) is 0 Å². The van der Waals surface area contributed by atoms with E-state index >= 15 is 0 Å². The Morgan fingerprint density at radius 1 is 1.56 bits per heavy atom. The number of aromatic nitrogens is 2. The molecule has 0 aliphatic rings. The zero-order valence-corrected chi connectivity index (χ0v) is 10.1. The molecule has 0 amide bonds. The van der Waals surface area contributed by atoms with Crippen LogP contribution < -0.4 is 0 Å². The van der Waals surface area contributed by atoms with Gasteiger partial charge < -0.3 is 10.2 Å². The van der Waals surface area contributed by atoms with Crippen molar-refractivity contribution in [3.63, 3.8) is 0 Å². The van der Waals surface area contributed by atoms with Crippen molar-refractivity contribution in [3.8, 4) is 0 Å². The lowest BCUT2D eigenvalue weighted by atomic mass is 10.1. The number of hydrogen-bond donors (Lipinski definition) is 2. The summed E-state index contributed by atoms with van der Waals surface area (Å²) in [6.45, 7) is 1.18. The number of aliphatic hydroxyl groups excluding tert-OH is 1. The summed E-state index contributed by atoms with van der Waals surface area (Å²) in [6.07, 6.45) is 3.07. The quantitative estimate of drug-likeness (QED) is 0.804. The summed E-state index contributed by atoms with van der Waals surface area (Å²) in [4.78, 5) is 13.1. The topological polar surface area (TPSA) is 78.1 Å². The van der Waals surface area contributed by atoms with E-state index in [2.05, 4.69) is 5.10 Å². The third kappa shape index (κ3) is 2.34. The summed E-state index contributed by atoms with van der Waals surface area (Å²) in [6, 6.07) is 3.70. The Kier molecular flexibility index (Phi) is 3.59. The molecule has 0 spiro atoms. The van der Waals surface area contributed by atoms with Crippen molar-refractivity contribution >= 4 is 11.5 Å². The third-order valence-electron chi connectivity index (χ3n) is 2.78. The molecule has 0 aromatic carbocycles. The van der Waals surface area contributed by atoms with Crippen LogP contribution >= 0.6 is 0 Å². The van der Waals surface area contributed by atoms with Crippen LogP contribution in [0.4, 0.5) is 0 Å². The van der Waals surface area contributed by atoms with Crippen LogP contribution in [0.3, 0.4) is 0 Å². The predicted molar refractivity (Wildman–Crippen MR) is 65.6 cm³/mol. The Balaban J connectivity index is 2.43. The van der Waals surface area contributed by atoms with Gasteiger partial charge in [0.25, 0.3) is 0 Å². The van der Waals surface area contributed by atoms with Crippen molar-refractivity contribution in [1.29, 1.82) is 0 Å². The first kappa shape index (κ1) is 12.5. The van der Waals surface area contributed by atoms with Crippen LogP contribution in [0.15, 0.2) is 24.5 Å². The van der Waals surface area contributed by atoms with Gasteiger partial charge in [0.05, 0.1) is 18.3 Å². The number of fused-ring (bicyclic) bond motifs is 1. The molecule has 0 unspecified atom stereocenters. The lowest BCUT2D eigenvalue weighted by molar-refractivity contribution is 0.0699. The van der Waals surface area contributed by atoms with Gasteiger partial charge in [0.15, 0.2) is 0 Å². The minimum atomic E-state index is -0.984. The molecule has 0 aliphatic heterocycles. The van der Waals surface area contributed by atoms with Crippen LogP contribution in [-0.4, -0.2) is 50.9 Å². The Morgan fingerprint density at radius 3 is 3.00 bits per heavy atom. The van der Waals surface area contributed by atoms with Crippen molar-refractivity contribution in [2.75, 3.05) is 20.2 Å². The highest BCUT2D eigenvalue weighted by molar-refractivity contribution is 5.96. The molecule has 0 radical (unpaired) electrons. The number of rotatable bonds is 5. The fraction of sp³-hybridized carbons (Fsp3) is 0.333. The molecule has 6 heteroatoms. The number of pyridine rings is 1. The third-order valence-corrected chi connectivity index (χ3v) is 2.78. The lowest BCUT2D eigenvalue weighted by Gasteiger charge is -2.15. The highest BCUT2D eigenvalue weighted by Gasteiger charge is 2.15. The molecule has 2 heterocycles. The van der Waals surface area contributed by atoms with E-state index in [1.165, 1.54) is 6.20 Å². The zero-order chi connectivity index (χ0) is 13.1. The summed E-state index contributed by atoms with van der Waals surface area (Å²) in [5, 5.41) is 22.0. The van der Waals surface area contributed by atoms with E-state index in [1.807, 2.05) is 24.1 Å². The van der Waals surface area contributed by atoms with Crippen LogP contribution in [0.25, 0.3) is 5.52 Å². The maximum atomic E-state index is 11.1. The average Bonchev–Trinajstić information content (AvgIpc) is 2.74. The lowest BCUT2D eigenvalue weighted by Crippen LogP contribution is -2.22. The molecule has 6 nitrogen and oxygen atoms in total. The highest BCUT2D eigenvalue weighted by atomic mass is 16.4. The molecule has 96 valence electrons. The minimum Gasteiger partial charge on any atom is -0.478 e. The summed E-state index contributed by atoms with van der Waals surface area (Å²) in [5.74, 6) is -0.984. The van der Waals surface area contributed by atoms with Gasteiger partial charge in [-0.05, 0) is 18.7 Å². The molecule has 2 rings (SSSR count). The molecule has 0 bridgehead atoms. The molecule has 2 N–H and O–H groups in total. The van der Waals surface area contributed by atoms with E-state index in [4.69, 9.17) is 10.2 Å². The van der Waals surface area contributed by atoms with Crippen LogP contribution in [-0.2, 0) is 6.54 Å². The number of likely N-dealkylation sites (N-methyl/N-ethyl adjacent to an activating group) is 1. The first-order chi connectivity index (χ1) is 8.63. The van der Waals surface area contributed by atoms with E-state index < -0.39 is 5.97 Å². The number of nitrogens with zero attached hydrogens (tertiary/aromatic N) is 3. The SMILES string of the molecule is CN(CCO)Cc1cccn2ncc(C(=O)O)c12. The Bertz CT molecular complexity index is 565. The number of hydrogen-bond acceptors (Lipinski definition) is 4. The number of carbonyl (C=O) groups is 1. The van der Waals surface area contributed by atoms with Gasteiger partial charge >= 0.3 is 5.97 Å². The van der Waals surface area contributed by atoms with E-state index in [9.17, 15) is 4.79 Å². The molecule has 2 aromatic rings. The van der Waals surface area contributed by atoms with Gasteiger partial charge in [-0.15, -0.1) is 0 Å². The maximum Gasteiger partial charge on any atom is 0.339 e. The summed E-state index contributed by atoms with van der Waals surface area (Å²) >= 11 is 0. The van der Waals surface area contributed by atoms with Crippen LogP contribution in [0.1, 0.15) is 15.9 Å². The summed E-state index contributed by atoms with van der Waals surface area (Å²) in [7, 11) is 1.87. The van der Waals surface area contributed by atoms with Gasteiger partial charge in [-0.1, -0.05) is 6.07 Å². The Hall–Kier alpha value is -1.92. The second kappa shape index (κ2) is 5.16. The monoisotopic (exact) mass is 249 g/mol. The number of aromatic carboxylic acids is 1. The molecule has 0 saturated carbocycles. The van der Waals surface area contributed by atoms with Crippen molar-refractivity contribution < 1.29 is 15.0 Å². The van der Waals surface area contributed by atoms with Crippen LogP contribution in [0, 0.1) is 0 Å². The zero-order valence-electron chi connectivity index (χ0n) is 10.1. The van der Waals surface area contributed by atoms with E-state index in [0.29, 0.717) is 18.6 Å². The number of carboxylic acids is 1. The maximum absolute atomic E-state index is 11.1.